The summed E-state index contributed by atoms with van der Waals surface area (Å²) in [5.41, 5.74) is 3.04. The zero-order valence-electron chi connectivity index (χ0n) is 13.6. The van der Waals surface area contributed by atoms with E-state index in [2.05, 4.69) is 22.6 Å². The van der Waals surface area contributed by atoms with Gasteiger partial charge in [-0.05, 0) is 65.8 Å². The lowest BCUT2D eigenvalue weighted by Gasteiger charge is -2.15. The highest BCUT2D eigenvalue weighted by Crippen LogP contribution is 2.35. The van der Waals surface area contributed by atoms with E-state index in [0.717, 1.165) is 20.8 Å². The Labute approximate surface area is 155 Å². The summed E-state index contributed by atoms with van der Waals surface area (Å²) in [6.45, 7) is 4.89. The van der Waals surface area contributed by atoms with Gasteiger partial charge < -0.3 is 14.6 Å². The Bertz CT molecular complexity index is 736. The second kappa shape index (κ2) is 8.73. The van der Waals surface area contributed by atoms with Gasteiger partial charge in [0.2, 0.25) is 0 Å². The summed E-state index contributed by atoms with van der Waals surface area (Å²) in [5, 5.41) is 8.76. The summed E-state index contributed by atoms with van der Waals surface area (Å²) in [7, 11) is 0. The molecule has 0 aromatic heterocycles. The first-order chi connectivity index (χ1) is 11.5. The molecule has 0 unspecified atom stereocenters. The number of hydrogen-bond acceptors (Lipinski definition) is 3. The van der Waals surface area contributed by atoms with Crippen molar-refractivity contribution in [3.8, 4) is 11.5 Å². The molecule has 0 bridgehead atoms. The number of carbonyl (C=O) groups is 1. The van der Waals surface area contributed by atoms with Crippen molar-refractivity contribution in [1.82, 2.24) is 0 Å². The van der Waals surface area contributed by atoms with Crippen LogP contribution in [0.25, 0.3) is 6.08 Å². The van der Waals surface area contributed by atoms with Gasteiger partial charge in [-0.1, -0.05) is 29.8 Å². The molecule has 0 spiro atoms. The van der Waals surface area contributed by atoms with E-state index < -0.39 is 5.97 Å². The SMILES string of the molecule is CCOc1cc(C=CC(=O)O)cc(I)c1OCc1ccc(C)cc1. The average molecular weight is 438 g/mol. The Morgan fingerprint density at radius 3 is 2.54 bits per heavy atom. The minimum atomic E-state index is -0.984. The molecule has 0 fully saturated rings. The summed E-state index contributed by atoms with van der Waals surface area (Å²) in [6, 6.07) is 11.8. The van der Waals surface area contributed by atoms with Crippen LogP contribution in [-0.2, 0) is 11.4 Å². The maximum Gasteiger partial charge on any atom is 0.328 e. The van der Waals surface area contributed by atoms with Crippen molar-refractivity contribution in [1.29, 1.82) is 0 Å². The van der Waals surface area contributed by atoms with Gasteiger partial charge in [-0.25, -0.2) is 4.79 Å². The van der Waals surface area contributed by atoms with Gasteiger partial charge >= 0.3 is 5.97 Å². The molecule has 0 aliphatic carbocycles. The number of carboxylic acids is 1. The molecule has 0 amide bonds. The summed E-state index contributed by atoms with van der Waals surface area (Å²) in [6.07, 6.45) is 2.64. The minimum absolute atomic E-state index is 0.445. The number of halogens is 1. The monoisotopic (exact) mass is 438 g/mol. The fourth-order valence-corrected chi connectivity index (χ4v) is 2.88. The Morgan fingerprint density at radius 2 is 1.92 bits per heavy atom. The third-order valence-corrected chi connectivity index (χ3v) is 4.06. The highest BCUT2D eigenvalue weighted by Gasteiger charge is 2.12. The van der Waals surface area contributed by atoms with Gasteiger partial charge in [0.15, 0.2) is 11.5 Å². The van der Waals surface area contributed by atoms with Crippen molar-refractivity contribution in [3.63, 3.8) is 0 Å². The van der Waals surface area contributed by atoms with Crippen LogP contribution in [0.1, 0.15) is 23.6 Å². The second-order valence-corrected chi connectivity index (χ2v) is 6.37. The Hall–Kier alpha value is -2.02. The van der Waals surface area contributed by atoms with Crippen LogP contribution in [0, 0.1) is 10.5 Å². The fraction of sp³-hybridized carbons (Fsp3) is 0.211. The molecule has 2 rings (SSSR count). The molecule has 2 aromatic rings. The van der Waals surface area contributed by atoms with Crippen LogP contribution in [0.15, 0.2) is 42.5 Å². The van der Waals surface area contributed by atoms with Crippen LogP contribution in [0.5, 0.6) is 11.5 Å². The van der Waals surface area contributed by atoms with Gasteiger partial charge in [-0.3, -0.25) is 0 Å². The normalized spacial score (nSPS) is 10.8. The molecule has 0 aliphatic rings. The van der Waals surface area contributed by atoms with Crippen LogP contribution < -0.4 is 9.47 Å². The van der Waals surface area contributed by atoms with E-state index in [9.17, 15) is 4.79 Å². The van der Waals surface area contributed by atoms with Crippen LogP contribution >= 0.6 is 22.6 Å². The summed E-state index contributed by atoms with van der Waals surface area (Å²) in [5.74, 6) is 0.301. The number of benzene rings is 2. The molecular weight excluding hydrogens is 419 g/mol. The first-order valence-corrected chi connectivity index (χ1v) is 8.63. The van der Waals surface area contributed by atoms with Crippen molar-refractivity contribution in [3.05, 3.63) is 62.7 Å². The van der Waals surface area contributed by atoms with Crippen molar-refractivity contribution >= 4 is 34.6 Å². The van der Waals surface area contributed by atoms with Gasteiger partial charge in [0, 0.05) is 6.08 Å². The molecule has 0 saturated carbocycles. The minimum Gasteiger partial charge on any atom is -0.490 e. The lowest BCUT2D eigenvalue weighted by molar-refractivity contribution is -0.131. The number of hydrogen-bond donors (Lipinski definition) is 1. The standard InChI is InChI=1S/C19H19IO4/c1-3-23-17-11-15(8-9-18(21)22)10-16(20)19(17)24-12-14-6-4-13(2)5-7-14/h4-11H,3,12H2,1-2H3,(H,21,22). The van der Waals surface area contributed by atoms with E-state index >= 15 is 0 Å². The third-order valence-electron chi connectivity index (χ3n) is 3.25. The van der Waals surface area contributed by atoms with Crippen LogP contribution in [0.4, 0.5) is 0 Å². The Morgan fingerprint density at radius 1 is 1.21 bits per heavy atom. The van der Waals surface area contributed by atoms with E-state index in [0.29, 0.717) is 24.7 Å². The van der Waals surface area contributed by atoms with Crippen molar-refractivity contribution in [2.75, 3.05) is 6.61 Å². The first-order valence-electron chi connectivity index (χ1n) is 7.55. The number of aryl methyl sites for hydroxylation is 1. The van der Waals surface area contributed by atoms with Crippen LogP contribution in [0.2, 0.25) is 0 Å². The number of carboxylic acid groups (broad SMARTS) is 1. The molecule has 126 valence electrons. The Kier molecular flexibility index (Phi) is 6.66. The predicted octanol–water partition coefficient (Wildman–Crippen LogP) is 4.68. The zero-order chi connectivity index (χ0) is 17.5. The van der Waals surface area contributed by atoms with Crippen molar-refractivity contribution in [2.24, 2.45) is 0 Å². The fourth-order valence-electron chi connectivity index (χ4n) is 2.09. The maximum atomic E-state index is 10.7. The molecule has 0 radical (unpaired) electrons. The highest BCUT2D eigenvalue weighted by molar-refractivity contribution is 14.1. The van der Waals surface area contributed by atoms with Crippen molar-refractivity contribution < 1.29 is 19.4 Å². The van der Waals surface area contributed by atoms with Gasteiger partial charge in [0.05, 0.1) is 10.2 Å². The molecule has 0 saturated heterocycles. The van der Waals surface area contributed by atoms with Gasteiger partial charge in [0.1, 0.15) is 6.61 Å². The van der Waals surface area contributed by atoms with E-state index in [1.807, 2.05) is 44.2 Å². The van der Waals surface area contributed by atoms with Crippen molar-refractivity contribution in [2.45, 2.75) is 20.5 Å². The van der Waals surface area contributed by atoms with Crippen LogP contribution in [-0.4, -0.2) is 17.7 Å². The largest absolute Gasteiger partial charge is 0.490 e. The Balaban J connectivity index is 2.23. The highest BCUT2D eigenvalue weighted by atomic mass is 127. The zero-order valence-corrected chi connectivity index (χ0v) is 15.7. The van der Waals surface area contributed by atoms with E-state index in [1.54, 1.807) is 6.07 Å². The number of aliphatic carboxylic acids is 1. The molecular formula is C19H19IO4. The quantitative estimate of drug-likeness (QED) is 0.504. The second-order valence-electron chi connectivity index (χ2n) is 5.21. The van der Waals surface area contributed by atoms with Gasteiger partial charge in [0.25, 0.3) is 0 Å². The van der Waals surface area contributed by atoms with Crippen LogP contribution in [0.3, 0.4) is 0 Å². The number of ether oxygens (including phenoxy) is 2. The molecule has 24 heavy (non-hydrogen) atoms. The van der Waals surface area contributed by atoms with Gasteiger partial charge in [-0.15, -0.1) is 0 Å². The topological polar surface area (TPSA) is 55.8 Å². The molecule has 4 nitrogen and oxygen atoms in total. The molecule has 0 heterocycles. The van der Waals surface area contributed by atoms with E-state index in [4.69, 9.17) is 14.6 Å². The molecule has 0 atom stereocenters. The number of rotatable bonds is 7. The first kappa shape index (κ1) is 18.3. The molecule has 2 aromatic carbocycles. The summed E-state index contributed by atoms with van der Waals surface area (Å²) in [4.78, 5) is 10.7. The maximum absolute atomic E-state index is 10.7. The lowest BCUT2D eigenvalue weighted by Crippen LogP contribution is -2.02. The average Bonchev–Trinajstić information content (AvgIpc) is 2.54. The van der Waals surface area contributed by atoms with E-state index in [-0.39, 0.29) is 0 Å². The molecule has 5 heteroatoms. The van der Waals surface area contributed by atoms with E-state index in [1.165, 1.54) is 11.6 Å². The molecule has 0 aliphatic heterocycles. The summed E-state index contributed by atoms with van der Waals surface area (Å²) >= 11 is 2.17. The predicted molar refractivity (Wildman–Crippen MR) is 103 cm³/mol. The molecule has 1 N–H and O–H groups in total. The summed E-state index contributed by atoms with van der Waals surface area (Å²) < 4.78 is 12.5. The third kappa shape index (κ3) is 5.26. The van der Waals surface area contributed by atoms with Gasteiger partial charge in [-0.2, -0.15) is 0 Å². The smallest absolute Gasteiger partial charge is 0.328 e. The lowest BCUT2D eigenvalue weighted by atomic mass is 10.1.